The smallest absolute Gasteiger partial charge is 0.249 e. The maximum Gasteiger partial charge on any atom is 0.249 e. The number of nitrogens with two attached hydrogens (primary N) is 1. The molecule has 1 aromatic carbocycles. The number of ether oxygens (including phenoxy) is 2. The summed E-state index contributed by atoms with van der Waals surface area (Å²) >= 11 is 1.33. The molecule has 154 valence electrons. The Labute approximate surface area is 172 Å². The zero-order chi connectivity index (χ0) is 20.4. The Morgan fingerprint density at radius 2 is 2.14 bits per heavy atom. The van der Waals surface area contributed by atoms with Crippen LogP contribution in [0.1, 0.15) is 42.1 Å². The van der Waals surface area contributed by atoms with Gasteiger partial charge in [-0.2, -0.15) is 0 Å². The van der Waals surface area contributed by atoms with E-state index in [2.05, 4.69) is 4.98 Å². The summed E-state index contributed by atoms with van der Waals surface area (Å²) in [7, 11) is 1.66. The lowest BCUT2D eigenvalue weighted by Gasteiger charge is -2.30. The van der Waals surface area contributed by atoms with Gasteiger partial charge < -0.3 is 19.8 Å². The molecule has 0 unspecified atom stereocenters. The van der Waals surface area contributed by atoms with Crippen LogP contribution in [0.25, 0.3) is 21.3 Å². The molecule has 2 heterocycles. The lowest BCUT2D eigenvalue weighted by Crippen LogP contribution is -2.24. The molecular formula is C21H24FN3O3S. The monoisotopic (exact) mass is 417 g/mol. The van der Waals surface area contributed by atoms with E-state index in [1.165, 1.54) is 11.3 Å². The second kappa shape index (κ2) is 8.61. The van der Waals surface area contributed by atoms with Crippen molar-refractivity contribution in [3.05, 3.63) is 41.4 Å². The average molecular weight is 418 g/mol. The third kappa shape index (κ3) is 3.92. The topological polar surface area (TPSA) is 79.4 Å². The fraction of sp³-hybridized carbons (Fsp3) is 0.429. The Balaban J connectivity index is 1.67. The molecule has 1 amide bonds. The van der Waals surface area contributed by atoms with E-state index in [1.54, 1.807) is 30.9 Å². The van der Waals surface area contributed by atoms with Crippen LogP contribution < -0.4 is 5.73 Å². The summed E-state index contributed by atoms with van der Waals surface area (Å²) in [5.74, 6) is -0.897. The molecule has 1 fully saturated rings. The average Bonchev–Trinajstić information content (AvgIpc) is 3.39. The number of hydrogen-bond donors (Lipinski definition) is 1. The second-order valence-electron chi connectivity index (χ2n) is 7.30. The number of thiazole rings is 1. The lowest BCUT2D eigenvalue weighted by molar-refractivity contribution is -0.00621. The summed E-state index contributed by atoms with van der Waals surface area (Å²) in [6.07, 6.45) is 7.28. The van der Waals surface area contributed by atoms with Crippen molar-refractivity contribution in [3.63, 3.8) is 0 Å². The van der Waals surface area contributed by atoms with Gasteiger partial charge in [-0.3, -0.25) is 9.78 Å². The zero-order valence-electron chi connectivity index (χ0n) is 16.3. The standard InChI is InChI=1S/C21H24FN3O3S/c1-27-8-9-28-14-4-2-13(3-5-14)25-7-6-15-16(21(23)26)10-17(19(22)20(15)25)18-11-24-12-29-18/h6-7,10-14H,2-5,8-9H2,1H3,(H2,23,26). The molecule has 1 aliphatic rings. The summed E-state index contributed by atoms with van der Waals surface area (Å²) in [4.78, 5) is 16.8. The molecule has 4 rings (SSSR count). The van der Waals surface area contributed by atoms with E-state index >= 15 is 4.39 Å². The molecule has 8 heteroatoms. The normalized spacial score (nSPS) is 19.7. The molecule has 1 aliphatic carbocycles. The van der Waals surface area contributed by atoms with Crippen molar-refractivity contribution >= 4 is 28.1 Å². The molecule has 29 heavy (non-hydrogen) atoms. The van der Waals surface area contributed by atoms with E-state index < -0.39 is 5.91 Å². The van der Waals surface area contributed by atoms with Crippen LogP contribution in [0.2, 0.25) is 0 Å². The van der Waals surface area contributed by atoms with Gasteiger partial charge in [-0.15, -0.1) is 11.3 Å². The summed E-state index contributed by atoms with van der Waals surface area (Å²) in [6.45, 7) is 1.18. The number of hydrogen-bond acceptors (Lipinski definition) is 5. The molecule has 0 atom stereocenters. The number of primary amides is 1. The fourth-order valence-corrected chi connectivity index (χ4v) is 4.77. The Morgan fingerprint density at radius 1 is 1.34 bits per heavy atom. The molecule has 1 saturated carbocycles. The minimum Gasteiger partial charge on any atom is -0.382 e. The number of amides is 1. The van der Waals surface area contributed by atoms with Gasteiger partial charge >= 0.3 is 0 Å². The maximum atomic E-state index is 15.6. The van der Waals surface area contributed by atoms with Crippen molar-refractivity contribution in [2.45, 2.75) is 37.8 Å². The highest BCUT2D eigenvalue weighted by Gasteiger charge is 2.27. The van der Waals surface area contributed by atoms with Crippen LogP contribution >= 0.6 is 11.3 Å². The van der Waals surface area contributed by atoms with Crippen molar-refractivity contribution in [1.82, 2.24) is 9.55 Å². The van der Waals surface area contributed by atoms with E-state index in [0.717, 1.165) is 25.7 Å². The molecule has 0 radical (unpaired) electrons. The largest absolute Gasteiger partial charge is 0.382 e. The second-order valence-corrected chi connectivity index (χ2v) is 8.18. The van der Waals surface area contributed by atoms with E-state index in [9.17, 15) is 4.79 Å². The van der Waals surface area contributed by atoms with Gasteiger partial charge in [0, 0.05) is 42.1 Å². The lowest BCUT2D eigenvalue weighted by atomic mass is 9.92. The van der Waals surface area contributed by atoms with Crippen molar-refractivity contribution in [2.75, 3.05) is 20.3 Å². The SMILES string of the molecule is COCCOC1CCC(n2ccc3c(C(N)=O)cc(-c4cncs4)c(F)c32)CC1. The van der Waals surface area contributed by atoms with Crippen LogP contribution in [0.5, 0.6) is 0 Å². The van der Waals surface area contributed by atoms with E-state index in [1.807, 2.05) is 10.8 Å². The minimum atomic E-state index is -0.561. The summed E-state index contributed by atoms with van der Waals surface area (Å²) < 4.78 is 28.4. The summed E-state index contributed by atoms with van der Waals surface area (Å²) in [6, 6.07) is 3.48. The third-order valence-electron chi connectivity index (χ3n) is 5.58. The summed E-state index contributed by atoms with van der Waals surface area (Å²) in [5.41, 5.74) is 8.39. The quantitative estimate of drug-likeness (QED) is 0.586. The number of benzene rings is 1. The maximum absolute atomic E-state index is 15.6. The molecule has 2 aromatic heterocycles. The highest BCUT2D eigenvalue weighted by atomic mass is 32.1. The molecular weight excluding hydrogens is 393 g/mol. The van der Waals surface area contributed by atoms with Crippen molar-refractivity contribution < 1.29 is 18.7 Å². The van der Waals surface area contributed by atoms with Crippen LogP contribution in [0.4, 0.5) is 4.39 Å². The van der Waals surface area contributed by atoms with E-state index in [-0.39, 0.29) is 18.0 Å². The van der Waals surface area contributed by atoms with Gasteiger partial charge in [-0.1, -0.05) is 0 Å². The first-order chi connectivity index (χ1) is 14.1. The van der Waals surface area contributed by atoms with Crippen molar-refractivity contribution in [3.8, 4) is 10.4 Å². The van der Waals surface area contributed by atoms with Gasteiger partial charge in [0.1, 0.15) is 0 Å². The number of carbonyl (C=O) groups is 1. The number of halogens is 1. The Kier molecular flexibility index (Phi) is 5.94. The predicted molar refractivity (Wildman–Crippen MR) is 111 cm³/mol. The van der Waals surface area contributed by atoms with Gasteiger partial charge in [0.25, 0.3) is 0 Å². The molecule has 3 aromatic rings. The number of methoxy groups -OCH3 is 1. The third-order valence-corrected chi connectivity index (χ3v) is 6.39. The molecule has 6 nitrogen and oxygen atoms in total. The van der Waals surface area contributed by atoms with Gasteiger partial charge in [0.05, 0.1) is 35.2 Å². The molecule has 0 aliphatic heterocycles. The first kappa shape index (κ1) is 20.0. The van der Waals surface area contributed by atoms with Crippen molar-refractivity contribution in [1.29, 1.82) is 0 Å². The molecule has 0 saturated heterocycles. The Bertz CT molecular complexity index is 994. The van der Waals surface area contributed by atoms with Gasteiger partial charge in [0.2, 0.25) is 5.91 Å². The van der Waals surface area contributed by atoms with Crippen LogP contribution in [-0.4, -0.2) is 41.9 Å². The first-order valence-corrected chi connectivity index (χ1v) is 10.6. The highest BCUT2D eigenvalue weighted by Crippen LogP contribution is 2.38. The number of aromatic nitrogens is 2. The molecule has 0 bridgehead atoms. The van der Waals surface area contributed by atoms with Gasteiger partial charge in [0.15, 0.2) is 5.82 Å². The molecule has 0 spiro atoms. The van der Waals surface area contributed by atoms with Gasteiger partial charge in [-0.25, -0.2) is 4.39 Å². The van der Waals surface area contributed by atoms with E-state index in [4.69, 9.17) is 15.2 Å². The van der Waals surface area contributed by atoms with Crippen LogP contribution in [-0.2, 0) is 9.47 Å². The van der Waals surface area contributed by atoms with Crippen LogP contribution in [0.3, 0.4) is 0 Å². The summed E-state index contributed by atoms with van der Waals surface area (Å²) in [5, 5.41) is 0.557. The van der Waals surface area contributed by atoms with Gasteiger partial charge in [-0.05, 0) is 37.8 Å². The predicted octanol–water partition coefficient (Wildman–Crippen LogP) is 4.15. The Morgan fingerprint density at radius 3 is 2.79 bits per heavy atom. The number of nitrogens with zero attached hydrogens (tertiary/aromatic N) is 2. The number of rotatable bonds is 7. The van der Waals surface area contributed by atoms with Crippen LogP contribution in [0, 0.1) is 5.82 Å². The van der Waals surface area contributed by atoms with Crippen molar-refractivity contribution in [2.24, 2.45) is 5.73 Å². The first-order valence-electron chi connectivity index (χ1n) is 9.72. The van der Waals surface area contributed by atoms with Crippen LogP contribution in [0.15, 0.2) is 30.0 Å². The molecule has 2 N–H and O–H groups in total. The fourth-order valence-electron chi connectivity index (χ4n) is 4.13. The minimum absolute atomic E-state index is 0.154. The zero-order valence-corrected chi connectivity index (χ0v) is 17.1. The number of fused-ring (bicyclic) bond motifs is 1. The number of carbonyl (C=O) groups excluding carboxylic acids is 1. The highest BCUT2D eigenvalue weighted by molar-refractivity contribution is 7.13. The Hall–Kier alpha value is -2.29. The van der Waals surface area contributed by atoms with E-state index in [0.29, 0.717) is 40.1 Å².